The number of rotatable bonds is 8. The van der Waals surface area contributed by atoms with Crippen LogP contribution in [0.3, 0.4) is 0 Å². The van der Waals surface area contributed by atoms with Crippen molar-refractivity contribution in [1.29, 1.82) is 0 Å². The highest BCUT2D eigenvalue weighted by atomic mass is 31.2. The molecule has 0 spiro atoms. The largest absolute Gasteiger partial charge is 0.289 e. The summed E-state index contributed by atoms with van der Waals surface area (Å²) in [5, 5.41) is 2.17. The van der Waals surface area contributed by atoms with Crippen LogP contribution in [0, 0.1) is 0 Å². The van der Waals surface area contributed by atoms with Crippen molar-refractivity contribution in [1.82, 2.24) is 0 Å². The first-order valence-electron chi connectivity index (χ1n) is 10.7. The fourth-order valence-corrected chi connectivity index (χ4v) is 8.29. The SMILES string of the molecule is CC(C)(OP(=O)(c1ccccc1)c1ccccc1)OP(=O)(c1ccccc1)c1ccccc1. The van der Waals surface area contributed by atoms with Crippen molar-refractivity contribution in [2.24, 2.45) is 0 Å². The van der Waals surface area contributed by atoms with E-state index < -0.39 is 20.5 Å². The maximum Gasteiger partial charge on any atom is 0.263 e. The van der Waals surface area contributed by atoms with E-state index in [4.69, 9.17) is 9.05 Å². The van der Waals surface area contributed by atoms with Crippen LogP contribution in [0.4, 0.5) is 0 Å². The van der Waals surface area contributed by atoms with Gasteiger partial charge in [0, 0.05) is 21.2 Å². The third-order valence-electron chi connectivity index (χ3n) is 5.08. The highest BCUT2D eigenvalue weighted by Crippen LogP contribution is 2.54. The van der Waals surface area contributed by atoms with Gasteiger partial charge in [0.2, 0.25) is 0 Å². The lowest BCUT2D eigenvalue weighted by atomic mass is 10.4. The molecule has 0 aromatic heterocycles. The highest BCUT2D eigenvalue weighted by Gasteiger charge is 2.42. The summed E-state index contributed by atoms with van der Waals surface area (Å²) in [6.07, 6.45) is 0. The Hall–Kier alpha value is -2.74. The van der Waals surface area contributed by atoms with Gasteiger partial charge in [-0.25, -0.2) is 0 Å². The molecule has 0 saturated heterocycles. The smallest absolute Gasteiger partial charge is 0.263 e. The molecule has 33 heavy (non-hydrogen) atoms. The van der Waals surface area contributed by atoms with Gasteiger partial charge in [0.15, 0.2) is 5.79 Å². The van der Waals surface area contributed by atoms with E-state index in [2.05, 4.69) is 0 Å². The summed E-state index contributed by atoms with van der Waals surface area (Å²) in [5.74, 6) is -1.44. The predicted octanol–water partition coefficient (Wildman–Crippen LogP) is 5.61. The minimum absolute atomic E-state index is 0.544. The molecule has 0 heterocycles. The molecule has 0 unspecified atom stereocenters. The average molecular weight is 476 g/mol. The zero-order valence-corrected chi connectivity index (χ0v) is 20.4. The summed E-state index contributed by atoms with van der Waals surface area (Å²) in [5.41, 5.74) is 0. The van der Waals surface area contributed by atoms with Crippen molar-refractivity contribution >= 4 is 36.0 Å². The van der Waals surface area contributed by atoms with Gasteiger partial charge in [-0.1, -0.05) is 72.8 Å². The number of hydrogen-bond acceptors (Lipinski definition) is 4. The third kappa shape index (κ3) is 5.11. The molecule has 0 fully saturated rings. The fraction of sp³-hybridized carbons (Fsp3) is 0.111. The standard InChI is InChI=1S/C27H26O4P2/c1-27(2,30-32(28,23-15-7-3-8-16-23)24-17-9-4-10-18-24)31-33(29,25-19-11-5-12-20-25)26-21-13-6-14-22-26/h3-22H,1-2H3. The second-order valence-electron chi connectivity index (χ2n) is 8.03. The normalized spacial score (nSPS) is 12.4. The molecule has 0 atom stereocenters. The van der Waals surface area contributed by atoms with Crippen molar-refractivity contribution in [3.63, 3.8) is 0 Å². The van der Waals surface area contributed by atoms with E-state index in [1.54, 1.807) is 62.4 Å². The van der Waals surface area contributed by atoms with Crippen LogP contribution in [0.5, 0.6) is 0 Å². The van der Waals surface area contributed by atoms with Crippen molar-refractivity contribution in [3.8, 4) is 0 Å². The second-order valence-corrected chi connectivity index (χ2v) is 12.7. The van der Waals surface area contributed by atoms with E-state index in [0.29, 0.717) is 21.2 Å². The van der Waals surface area contributed by atoms with E-state index in [1.165, 1.54) is 0 Å². The Kier molecular flexibility index (Phi) is 6.83. The predicted molar refractivity (Wildman–Crippen MR) is 136 cm³/mol. The molecule has 0 saturated carbocycles. The van der Waals surface area contributed by atoms with Crippen LogP contribution in [0.25, 0.3) is 0 Å². The van der Waals surface area contributed by atoms with Gasteiger partial charge in [-0.15, -0.1) is 0 Å². The fourth-order valence-electron chi connectivity index (χ4n) is 3.64. The van der Waals surface area contributed by atoms with E-state index >= 15 is 0 Å². The first-order chi connectivity index (χ1) is 15.8. The first kappa shape index (κ1) is 23.4. The lowest BCUT2D eigenvalue weighted by Crippen LogP contribution is -2.34. The van der Waals surface area contributed by atoms with Crippen LogP contribution < -0.4 is 21.2 Å². The van der Waals surface area contributed by atoms with Gasteiger partial charge >= 0.3 is 0 Å². The van der Waals surface area contributed by atoms with Crippen molar-refractivity contribution < 1.29 is 18.2 Å². The van der Waals surface area contributed by atoms with Gasteiger partial charge in [-0.05, 0) is 62.4 Å². The Morgan fingerprint density at radius 1 is 0.455 bits per heavy atom. The summed E-state index contributed by atoms with van der Waals surface area (Å²) < 4.78 is 41.4. The lowest BCUT2D eigenvalue weighted by Gasteiger charge is -2.34. The molecule has 168 valence electrons. The summed E-state index contributed by atoms with van der Waals surface area (Å²) in [6.45, 7) is 3.31. The van der Waals surface area contributed by atoms with Gasteiger partial charge in [0.1, 0.15) is 0 Å². The summed E-state index contributed by atoms with van der Waals surface area (Å²) in [6, 6.07) is 36.2. The van der Waals surface area contributed by atoms with Crippen LogP contribution in [0.15, 0.2) is 121 Å². The average Bonchev–Trinajstić information content (AvgIpc) is 2.85. The molecular weight excluding hydrogens is 450 g/mol. The Morgan fingerprint density at radius 3 is 0.879 bits per heavy atom. The minimum atomic E-state index is -3.56. The Balaban J connectivity index is 1.77. The van der Waals surface area contributed by atoms with Gasteiger partial charge in [0.05, 0.1) is 0 Å². The Bertz CT molecular complexity index is 1090. The molecule has 4 aromatic rings. The highest BCUT2D eigenvalue weighted by molar-refractivity contribution is 7.75. The molecule has 0 N–H and O–H groups in total. The van der Waals surface area contributed by atoms with E-state index in [-0.39, 0.29) is 0 Å². The molecule has 4 nitrogen and oxygen atoms in total. The first-order valence-corrected chi connectivity index (χ1v) is 13.9. The van der Waals surface area contributed by atoms with Crippen LogP contribution in [-0.2, 0) is 18.2 Å². The molecule has 4 rings (SSSR count). The number of hydrogen-bond donors (Lipinski definition) is 0. The monoisotopic (exact) mass is 476 g/mol. The summed E-state index contributed by atoms with van der Waals surface area (Å²) in [7, 11) is -7.12. The van der Waals surface area contributed by atoms with E-state index in [0.717, 1.165) is 0 Å². The molecule has 4 aromatic carbocycles. The Labute approximate surface area is 195 Å². The molecular formula is C27H26O4P2. The third-order valence-corrected chi connectivity index (χ3v) is 10.4. The zero-order valence-electron chi connectivity index (χ0n) is 18.6. The zero-order chi connectivity index (χ0) is 23.4. The quantitative estimate of drug-likeness (QED) is 0.245. The van der Waals surface area contributed by atoms with Gasteiger partial charge in [0.25, 0.3) is 14.7 Å². The topological polar surface area (TPSA) is 52.6 Å². The molecule has 0 aliphatic carbocycles. The van der Waals surface area contributed by atoms with Gasteiger partial charge in [-0.2, -0.15) is 0 Å². The summed E-state index contributed by atoms with van der Waals surface area (Å²) in [4.78, 5) is 0. The molecule has 0 bridgehead atoms. The number of benzene rings is 4. The van der Waals surface area contributed by atoms with Crippen molar-refractivity contribution in [2.75, 3.05) is 0 Å². The van der Waals surface area contributed by atoms with E-state index in [1.807, 2.05) is 72.8 Å². The maximum absolute atomic E-state index is 14.4. The molecule has 0 amide bonds. The van der Waals surface area contributed by atoms with Gasteiger partial charge < -0.3 is 0 Å². The molecule has 6 heteroatoms. The van der Waals surface area contributed by atoms with Crippen LogP contribution in [0.1, 0.15) is 13.8 Å². The van der Waals surface area contributed by atoms with Crippen LogP contribution in [0.2, 0.25) is 0 Å². The van der Waals surface area contributed by atoms with E-state index in [9.17, 15) is 9.13 Å². The van der Waals surface area contributed by atoms with Crippen LogP contribution in [-0.4, -0.2) is 5.79 Å². The Morgan fingerprint density at radius 2 is 0.667 bits per heavy atom. The van der Waals surface area contributed by atoms with Crippen LogP contribution >= 0.6 is 14.7 Å². The lowest BCUT2D eigenvalue weighted by molar-refractivity contribution is -0.0717. The molecule has 0 radical (unpaired) electrons. The summed E-state index contributed by atoms with van der Waals surface area (Å²) >= 11 is 0. The second kappa shape index (κ2) is 9.63. The molecule has 0 aliphatic rings. The van der Waals surface area contributed by atoms with Gasteiger partial charge in [-0.3, -0.25) is 18.2 Å². The molecule has 0 aliphatic heterocycles. The minimum Gasteiger partial charge on any atom is -0.289 e. The maximum atomic E-state index is 14.4. The van der Waals surface area contributed by atoms with Crippen molar-refractivity contribution in [2.45, 2.75) is 19.6 Å². The van der Waals surface area contributed by atoms with Crippen molar-refractivity contribution in [3.05, 3.63) is 121 Å².